The molecule has 19 heavy (non-hydrogen) atoms. The van der Waals surface area contributed by atoms with Crippen molar-refractivity contribution in [1.29, 1.82) is 0 Å². The molecule has 1 fully saturated rings. The molecule has 0 unspecified atom stereocenters. The minimum atomic E-state index is -2.86. The molecule has 7 heteroatoms. The van der Waals surface area contributed by atoms with E-state index in [-0.39, 0.29) is 17.5 Å². The summed E-state index contributed by atoms with van der Waals surface area (Å²) in [5, 5.41) is 0. The third-order valence-electron chi connectivity index (χ3n) is 3.57. The van der Waals surface area contributed by atoms with Crippen LogP contribution in [0.3, 0.4) is 0 Å². The van der Waals surface area contributed by atoms with E-state index in [0.717, 1.165) is 15.5 Å². The van der Waals surface area contributed by atoms with Gasteiger partial charge in [-0.3, -0.25) is 0 Å². The summed E-state index contributed by atoms with van der Waals surface area (Å²) in [4.78, 5) is 4.34. The molecule has 0 spiro atoms. The fourth-order valence-corrected chi connectivity index (χ4v) is 4.42. The van der Waals surface area contributed by atoms with Gasteiger partial charge in [0.15, 0.2) is 0 Å². The molecular weight excluding hydrogens is 330 g/mol. The van der Waals surface area contributed by atoms with Crippen molar-refractivity contribution in [3.8, 4) is 0 Å². The van der Waals surface area contributed by atoms with Gasteiger partial charge in [0, 0.05) is 10.5 Å². The maximum Gasteiger partial charge on any atom is 0.201 e. The second-order valence-electron chi connectivity index (χ2n) is 4.86. The van der Waals surface area contributed by atoms with Gasteiger partial charge in [-0.1, -0.05) is 15.9 Å². The third kappa shape index (κ3) is 2.36. The zero-order chi connectivity index (χ0) is 13.6. The van der Waals surface area contributed by atoms with Crippen LogP contribution in [-0.4, -0.2) is 29.5 Å². The molecule has 2 aromatic rings. The van der Waals surface area contributed by atoms with Gasteiger partial charge < -0.3 is 10.3 Å². The number of imidazole rings is 1. The van der Waals surface area contributed by atoms with E-state index in [1.807, 2.05) is 22.8 Å². The Balaban J connectivity index is 2.05. The van der Waals surface area contributed by atoms with Crippen LogP contribution < -0.4 is 5.73 Å². The second kappa shape index (κ2) is 4.49. The van der Waals surface area contributed by atoms with Crippen LogP contribution in [-0.2, 0) is 9.84 Å². The standard InChI is InChI=1S/C12H14BrN3O2S/c13-8-1-2-10-11(7-8)16(12(14)15-10)9-3-5-19(17,18)6-4-9/h1-2,7,9H,3-6H2,(H2,14,15). The van der Waals surface area contributed by atoms with Crippen LogP contribution in [0.4, 0.5) is 5.95 Å². The maximum atomic E-state index is 11.5. The Kier molecular flexibility index (Phi) is 3.05. The van der Waals surface area contributed by atoms with Crippen molar-refractivity contribution in [3.05, 3.63) is 22.7 Å². The Morgan fingerprint density at radius 1 is 1.32 bits per heavy atom. The number of rotatable bonds is 1. The number of hydrogen-bond donors (Lipinski definition) is 1. The summed E-state index contributed by atoms with van der Waals surface area (Å²) in [6.07, 6.45) is 1.20. The molecule has 102 valence electrons. The number of nitrogens with two attached hydrogens (primary N) is 1. The van der Waals surface area contributed by atoms with E-state index in [1.54, 1.807) is 0 Å². The molecule has 0 bridgehead atoms. The lowest BCUT2D eigenvalue weighted by molar-refractivity contribution is 0.463. The summed E-state index contributed by atoms with van der Waals surface area (Å²) in [5.41, 5.74) is 7.79. The van der Waals surface area contributed by atoms with E-state index in [4.69, 9.17) is 5.73 Å². The van der Waals surface area contributed by atoms with Crippen molar-refractivity contribution in [2.24, 2.45) is 0 Å². The number of halogens is 1. The van der Waals surface area contributed by atoms with Crippen molar-refractivity contribution in [2.75, 3.05) is 17.2 Å². The minimum Gasteiger partial charge on any atom is -0.369 e. The maximum absolute atomic E-state index is 11.5. The average molecular weight is 344 g/mol. The summed E-state index contributed by atoms with van der Waals surface area (Å²) in [6, 6.07) is 5.92. The van der Waals surface area contributed by atoms with Gasteiger partial charge in [0.2, 0.25) is 5.95 Å². The van der Waals surface area contributed by atoms with Gasteiger partial charge in [0.05, 0.1) is 22.5 Å². The second-order valence-corrected chi connectivity index (χ2v) is 8.08. The summed E-state index contributed by atoms with van der Waals surface area (Å²) in [7, 11) is -2.86. The molecular formula is C12H14BrN3O2S. The van der Waals surface area contributed by atoms with E-state index in [2.05, 4.69) is 20.9 Å². The number of hydrogen-bond acceptors (Lipinski definition) is 4. The molecule has 0 amide bonds. The molecule has 1 aromatic heterocycles. The molecule has 2 heterocycles. The first-order valence-electron chi connectivity index (χ1n) is 6.10. The Bertz CT molecular complexity index is 725. The first-order valence-corrected chi connectivity index (χ1v) is 8.71. The summed E-state index contributed by atoms with van der Waals surface area (Å²) in [6.45, 7) is 0. The average Bonchev–Trinajstić information content (AvgIpc) is 2.65. The highest BCUT2D eigenvalue weighted by atomic mass is 79.9. The first kappa shape index (κ1) is 12.9. The molecule has 1 aromatic carbocycles. The highest BCUT2D eigenvalue weighted by molar-refractivity contribution is 9.10. The van der Waals surface area contributed by atoms with Gasteiger partial charge >= 0.3 is 0 Å². The monoisotopic (exact) mass is 343 g/mol. The molecule has 0 saturated carbocycles. The van der Waals surface area contributed by atoms with Gasteiger partial charge in [-0.2, -0.15) is 0 Å². The zero-order valence-electron chi connectivity index (χ0n) is 10.2. The lowest BCUT2D eigenvalue weighted by atomic mass is 10.1. The van der Waals surface area contributed by atoms with Gasteiger partial charge in [-0.15, -0.1) is 0 Å². The molecule has 0 atom stereocenters. The molecule has 3 rings (SSSR count). The Hall–Kier alpha value is -1.08. The van der Waals surface area contributed by atoms with Gasteiger partial charge in [0.25, 0.3) is 0 Å². The Labute approximate surface area is 119 Å². The number of nitrogens with zero attached hydrogens (tertiary/aromatic N) is 2. The van der Waals surface area contributed by atoms with Crippen molar-refractivity contribution < 1.29 is 8.42 Å². The van der Waals surface area contributed by atoms with Gasteiger partial charge in [0.1, 0.15) is 9.84 Å². The van der Waals surface area contributed by atoms with Gasteiger partial charge in [-0.25, -0.2) is 13.4 Å². The molecule has 5 nitrogen and oxygen atoms in total. The minimum absolute atomic E-state index is 0.114. The third-order valence-corrected chi connectivity index (χ3v) is 5.78. The van der Waals surface area contributed by atoms with E-state index in [9.17, 15) is 8.42 Å². The highest BCUT2D eigenvalue weighted by Crippen LogP contribution is 2.31. The van der Waals surface area contributed by atoms with Crippen LogP contribution in [0.2, 0.25) is 0 Å². The lowest BCUT2D eigenvalue weighted by Gasteiger charge is -2.24. The van der Waals surface area contributed by atoms with Crippen LogP contribution in [0.15, 0.2) is 22.7 Å². The van der Waals surface area contributed by atoms with Crippen LogP contribution in [0.5, 0.6) is 0 Å². The predicted octanol–water partition coefficient (Wildman–Crippen LogP) is 2.13. The van der Waals surface area contributed by atoms with Gasteiger partial charge in [-0.05, 0) is 31.0 Å². The summed E-state index contributed by atoms with van der Waals surface area (Å²) < 4.78 is 25.9. The zero-order valence-corrected chi connectivity index (χ0v) is 12.6. The number of aromatic nitrogens is 2. The predicted molar refractivity (Wildman–Crippen MR) is 78.8 cm³/mol. The topological polar surface area (TPSA) is 78.0 Å². The molecule has 0 radical (unpaired) electrons. The molecule has 1 aliphatic rings. The number of fused-ring (bicyclic) bond motifs is 1. The summed E-state index contributed by atoms with van der Waals surface area (Å²) >= 11 is 3.44. The van der Waals surface area contributed by atoms with E-state index in [0.29, 0.717) is 18.8 Å². The smallest absolute Gasteiger partial charge is 0.201 e. The van der Waals surface area contributed by atoms with Crippen LogP contribution in [0, 0.1) is 0 Å². The fourth-order valence-electron chi connectivity index (χ4n) is 2.60. The first-order chi connectivity index (χ1) is 8.96. The van der Waals surface area contributed by atoms with Crippen LogP contribution in [0.25, 0.3) is 11.0 Å². The summed E-state index contributed by atoms with van der Waals surface area (Å²) in [5.74, 6) is 0.910. The normalized spacial score (nSPS) is 19.8. The molecule has 1 saturated heterocycles. The van der Waals surface area contributed by atoms with Crippen LogP contribution >= 0.6 is 15.9 Å². The largest absolute Gasteiger partial charge is 0.369 e. The SMILES string of the molecule is Nc1nc2ccc(Br)cc2n1C1CCS(=O)(=O)CC1. The highest BCUT2D eigenvalue weighted by Gasteiger charge is 2.27. The lowest BCUT2D eigenvalue weighted by Crippen LogP contribution is -2.26. The fraction of sp³-hybridized carbons (Fsp3) is 0.417. The number of benzene rings is 1. The molecule has 1 aliphatic heterocycles. The van der Waals surface area contributed by atoms with Crippen molar-refractivity contribution >= 4 is 42.7 Å². The van der Waals surface area contributed by atoms with Crippen LogP contribution in [0.1, 0.15) is 18.9 Å². The Morgan fingerprint density at radius 3 is 2.68 bits per heavy atom. The number of anilines is 1. The number of nitrogen functional groups attached to an aromatic ring is 1. The molecule has 0 aliphatic carbocycles. The quantitative estimate of drug-likeness (QED) is 0.860. The Morgan fingerprint density at radius 2 is 2.00 bits per heavy atom. The van der Waals surface area contributed by atoms with Crippen molar-refractivity contribution in [2.45, 2.75) is 18.9 Å². The molecule has 2 N–H and O–H groups in total. The van der Waals surface area contributed by atoms with E-state index in [1.165, 1.54) is 0 Å². The number of sulfone groups is 1. The van der Waals surface area contributed by atoms with Crippen molar-refractivity contribution in [3.63, 3.8) is 0 Å². The van der Waals surface area contributed by atoms with E-state index >= 15 is 0 Å². The van der Waals surface area contributed by atoms with Crippen molar-refractivity contribution in [1.82, 2.24) is 9.55 Å². The van der Waals surface area contributed by atoms with E-state index < -0.39 is 9.84 Å².